The van der Waals surface area contributed by atoms with E-state index in [1.165, 1.54) is 19.1 Å². The number of ketones is 1. The molecule has 1 saturated heterocycles. The quantitative estimate of drug-likeness (QED) is 0.462. The highest BCUT2D eigenvalue weighted by Crippen LogP contribution is 2.17. The number of allylic oxidation sites excluding steroid dienone is 1. The molecule has 0 spiro atoms. The average molecular weight is 409 g/mol. The topological polar surface area (TPSA) is 58.7 Å². The molecule has 0 aliphatic carbocycles. The fourth-order valence-corrected chi connectivity index (χ4v) is 3.70. The number of hydrogen-bond acceptors (Lipinski definition) is 5. The summed E-state index contributed by atoms with van der Waals surface area (Å²) in [6, 6.07) is 11.7. The summed E-state index contributed by atoms with van der Waals surface area (Å²) in [5.74, 6) is -0.707. The molecular weight excluding hydrogens is 385 g/mol. The lowest BCUT2D eigenvalue weighted by Crippen LogP contribution is -2.46. The fraction of sp³-hybridized carbons (Fsp3) is 0.304. The second-order valence-corrected chi connectivity index (χ2v) is 7.45. The molecule has 2 heterocycles. The van der Waals surface area contributed by atoms with E-state index in [1.807, 2.05) is 18.2 Å². The Labute approximate surface area is 173 Å². The first kappa shape index (κ1) is 20.1. The Bertz CT molecular complexity index is 1120. The van der Waals surface area contributed by atoms with Crippen molar-refractivity contribution >= 4 is 22.6 Å². The van der Waals surface area contributed by atoms with E-state index in [9.17, 15) is 14.0 Å². The van der Waals surface area contributed by atoms with Crippen LogP contribution in [0.4, 0.5) is 10.1 Å². The molecule has 0 radical (unpaired) electrons. The Hall–Kier alpha value is -3.19. The molecule has 0 amide bonds. The van der Waals surface area contributed by atoms with E-state index in [0.29, 0.717) is 23.2 Å². The summed E-state index contributed by atoms with van der Waals surface area (Å²) in [5.41, 5.74) is 2.69. The van der Waals surface area contributed by atoms with Gasteiger partial charge in [0.15, 0.2) is 11.4 Å². The minimum atomic E-state index is -0.428. The Morgan fingerprint density at radius 2 is 1.73 bits per heavy atom. The van der Waals surface area contributed by atoms with Gasteiger partial charge in [-0.05, 0) is 49.4 Å². The van der Waals surface area contributed by atoms with Crippen LogP contribution in [-0.4, -0.2) is 48.0 Å². The van der Waals surface area contributed by atoms with Crippen LogP contribution in [0.25, 0.3) is 11.1 Å². The Morgan fingerprint density at radius 3 is 2.43 bits per heavy atom. The highest BCUT2D eigenvalue weighted by Gasteiger charge is 2.16. The number of hydrogen-bond donors (Lipinski definition) is 0. The number of carbonyl (C=O) groups is 1. The molecule has 0 saturated carbocycles. The Kier molecular flexibility index (Phi) is 5.81. The predicted octanol–water partition coefficient (Wildman–Crippen LogP) is 3.31. The third kappa shape index (κ3) is 4.36. The molecule has 1 fully saturated rings. The third-order valence-corrected chi connectivity index (χ3v) is 5.46. The van der Waals surface area contributed by atoms with Crippen LogP contribution in [-0.2, 0) is 6.54 Å². The van der Waals surface area contributed by atoms with Crippen LogP contribution >= 0.6 is 0 Å². The van der Waals surface area contributed by atoms with Crippen LogP contribution in [0.3, 0.4) is 0 Å². The van der Waals surface area contributed by atoms with E-state index in [-0.39, 0.29) is 11.6 Å². The smallest absolute Gasteiger partial charge is 0.408 e. The van der Waals surface area contributed by atoms with Gasteiger partial charge in [-0.2, -0.15) is 0 Å². The molecule has 3 aromatic rings. The van der Waals surface area contributed by atoms with Gasteiger partial charge in [0, 0.05) is 50.5 Å². The monoisotopic (exact) mass is 409 g/mol. The van der Waals surface area contributed by atoms with Gasteiger partial charge in [-0.15, -0.1) is 0 Å². The van der Waals surface area contributed by atoms with Gasteiger partial charge < -0.3 is 9.32 Å². The minimum absolute atomic E-state index is 0.0632. The molecule has 30 heavy (non-hydrogen) atoms. The summed E-state index contributed by atoms with van der Waals surface area (Å²) >= 11 is 0. The van der Waals surface area contributed by atoms with E-state index < -0.39 is 5.76 Å². The van der Waals surface area contributed by atoms with Crippen LogP contribution in [0.5, 0.6) is 0 Å². The summed E-state index contributed by atoms with van der Waals surface area (Å²) in [4.78, 5) is 28.2. The first-order valence-corrected chi connectivity index (χ1v) is 10.0. The van der Waals surface area contributed by atoms with E-state index >= 15 is 0 Å². The maximum absolute atomic E-state index is 13.1. The maximum atomic E-state index is 13.1. The van der Waals surface area contributed by atoms with Crippen LogP contribution in [0.2, 0.25) is 0 Å². The molecule has 1 aliphatic heterocycles. The van der Waals surface area contributed by atoms with Crippen molar-refractivity contribution < 1.29 is 13.6 Å². The van der Waals surface area contributed by atoms with E-state index in [0.717, 1.165) is 38.4 Å². The van der Waals surface area contributed by atoms with Gasteiger partial charge in [0.1, 0.15) is 5.82 Å². The predicted molar refractivity (Wildman–Crippen MR) is 115 cm³/mol. The highest BCUT2D eigenvalue weighted by atomic mass is 19.1. The summed E-state index contributed by atoms with van der Waals surface area (Å²) in [6.45, 7) is 6.33. The van der Waals surface area contributed by atoms with Crippen LogP contribution in [0.15, 0.2) is 63.8 Å². The standard InChI is InChI=1S/C23H24FN3O3/c1-17(28)18-4-9-21-22(16-18)30-23(29)27(21)11-3-2-10-25-12-14-26(15-13-25)20-7-5-19(24)6-8-20/h2-9,16H,10-15H2,1H3/b3-2+. The normalized spacial score (nSPS) is 15.3. The summed E-state index contributed by atoms with van der Waals surface area (Å²) in [6.07, 6.45) is 4.02. The number of nitrogens with zero attached hydrogens (tertiary/aromatic N) is 3. The molecule has 2 aromatic carbocycles. The van der Waals surface area contributed by atoms with Gasteiger partial charge in [0.2, 0.25) is 0 Å². The molecule has 0 unspecified atom stereocenters. The van der Waals surface area contributed by atoms with E-state index in [2.05, 4.69) is 15.9 Å². The molecular formula is C23H24FN3O3. The number of carbonyl (C=O) groups excluding carboxylic acids is 1. The number of benzene rings is 2. The minimum Gasteiger partial charge on any atom is -0.408 e. The number of fused-ring (bicyclic) bond motifs is 1. The van der Waals surface area contributed by atoms with Crippen molar-refractivity contribution in [3.05, 3.63) is 76.5 Å². The van der Waals surface area contributed by atoms with Crippen molar-refractivity contribution in [2.75, 3.05) is 37.6 Å². The van der Waals surface area contributed by atoms with Crippen LogP contribution in [0, 0.1) is 5.82 Å². The number of piperazine rings is 1. The van der Waals surface area contributed by atoms with Gasteiger partial charge in [-0.3, -0.25) is 14.3 Å². The maximum Gasteiger partial charge on any atom is 0.420 e. The molecule has 6 nitrogen and oxygen atoms in total. The molecule has 0 bridgehead atoms. The number of Topliss-reactive ketones (excluding diaryl/α,β-unsaturated/α-hetero) is 1. The van der Waals surface area contributed by atoms with E-state index in [1.54, 1.807) is 22.8 Å². The zero-order valence-corrected chi connectivity index (χ0v) is 16.9. The van der Waals surface area contributed by atoms with E-state index in [4.69, 9.17) is 4.42 Å². The molecule has 1 aliphatic rings. The number of anilines is 1. The van der Waals surface area contributed by atoms with Crippen molar-refractivity contribution in [1.82, 2.24) is 9.47 Å². The summed E-state index contributed by atoms with van der Waals surface area (Å²) < 4.78 is 19.9. The molecule has 4 rings (SSSR count). The lowest BCUT2D eigenvalue weighted by atomic mass is 10.1. The summed E-state index contributed by atoms with van der Waals surface area (Å²) in [5, 5.41) is 0. The molecule has 7 heteroatoms. The van der Waals surface area contributed by atoms with Gasteiger partial charge in [-0.25, -0.2) is 9.18 Å². The van der Waals surface area contributed by atoms with Crippen molar-refractivity contribution in [2.45, 2.75) is 13.5 Å². The highest BCUT2D eigenvalue weighted by molar-refractivity contribution is 5.96. The average Bonchev–Trinajstić information content (AvgIpc) is 3.06. The van der Waals surface area contributed by atoms with Gasteiger partial charge >= 0.3 is 5.76 Å². The molecule has 156 valence electrons. The van der Waals surface area contributed by atoms with Crippen molar-refractivity contribution in [3.8, 4) is 0 Å². The van der Waals surface area contributed by atoms with Crippen molar-refractivity contribution in [2.24, 2.45) is 0 Å². The SMILES string of the molecule is CC(=O)c1ccc2c(c1)oc(=O)n2C/C=C/CN1CCN(c2ccc(F)cc2)CC1. The first-order valence-electron chi connectivity index (χ1n) is 10.0. The lowest BCUT2D eigenvalue weighted by Gasteiger charge is -2.35. The fourth-order valence-electron chi connectivity index (χ4n) is 3.70. The zero-order chi connectivity index (χ0) is 21.1. The first-order chi connectivity index (χ1) is 14.5. The van der Waals surface area contributed by atoms with Crippen molar-refractivity contribution in [1.29, 1.82) is 0 Å². The molecule has 0 N–H and O–H groups in total. The molecule has 1 aromatic heterocycles. The summed E-state index contributed by atoms with van der Waals surface area (Å²) in [7, 11) is 0. The van der Waals surface area contributed by atoms with Crippen molar-refractivity contribution in [3.63, 3.8) is 0 Å². The third-order valence-electron chi connectivity index (χ3n) is 5.46. The van der Waals surface area contributed by atoms with Gasteiger partial charge in [0.25, 0.3) is 0 Å². The van der Waals surface area contributed by atoms with Gasteiger partial charge in [-0.1, -0.05) is 12.2 Å². The number of rotatable bonds is 6. The number of aromatic nitrogens is 1. The lowest BCUT2D eigenvalue weighted by molar-refractivity contribution is 0.101. The Balaban J connectivity index is 1.32. The Morgan fingerprint density at radius 1 is 1.03 bits per heavy atom. The zero-order valence-electron chi connectivity index (χ0n) is 16.9. The molecule has 0 atom stereocenters. The largest absolute Gasteiger partial charge is 0.420 e. The number of oxazole rings is 1. The van der Waals surface area contributed by atoms with Crippen LogP contribution < -0.4 is 10.7 Å². The second kappa shape index (κ2) is 8.67. The number of halogens is 1. The second-order valence-electron chi connectivity index (χ2n) is 7.45. The van der Waals surface area contributed by atoms with Crippen LogP contribution in [0.1, 0.15) is 17.3 Å². The van der Waals surface area contributed by atoms with Gasteiger partial charge in [0.05, 0.1) is 5.52 Å².